The molecule has 154 valence electrons. The molecule has 8 heteroatoms. The smallest absolute Gasteiger partial charge is 0.191 e. The minimum absolute atomic E-state index is 0. The summed E-state index contributed by atoms with van der Waals surface area (Å²) in [7, 11) is 1.82. The van der Waals surface area contributed by atoms with Crippen LogP contribution in [0.4, 0.5) is 0 Å². The molecule has 1 aromatic rings. The van der Waals surface area contributed by atoms with Crippen molar-refractivity contribution in [1.82, 2.24) is 15.5 Å². The summed E-state index contributed by atoms with van der Waals surface area (Å²) < 4.78 is 11.6. The lowest BCUT2D eigenvalue weighted by Gasteiger charge is -2.37. The van der Waals surface area contributed by atoms with Crippen LogP contribution in [0.3, 0.4) is 0 Å². The van der Waals surface area contributed by atoms with E-state index in [2.05, 4.69) is 51.9 Å². The zero-order valence-corrected chi connectivity index (χ0v) is 19.7. The van der Waals surface area contributed by atoms with Gasteiger partial charge in [0, 0.05) is 44.7 Å². The molecule has 3 unspecified atom stereocenters. The molecular formula is C19H33IN4O2S. The number of nitrogens with zero attached hydrogens (tertiary/aromatic N) is 2. The van der Waals surface area contributed by atoms with E-state index in [9.17, 15) is 0 Å². The van der Waals surface area contributed by atoms with Gasteiger partial charge in [-0.1, -0.05) is 6.07 Å². The van der Waals surface area contributed by atoms with Crippen molar-refractivity contribution < 1.29 is 9.47 Å². The second-order valence-corrected chi connectivity index (χ2v) is 8.40. The van der Waals surface area contributed by atoms with Crippen LogP contribution in [0.5, 0.6) is 0 Å². The first-order valence-corrected chi connectivity index (χ1v) is 10.5. The lowest BCUT2D eigenvalue weighted by atomic mass is 10.0. The Labute approximate surface area is 184 Å². The molecule has 0 bridgehead atoms. The van der Waals surface area contributed by atoms with Crippen LogP contribution in [-0.2, 0) is 9.47 Å². The minimum atomic E-state index is -0.0790. The number of ether oxygens (including phenoxy) is 2. The predicted octanol–water partition coefficient (Wildman–Crippen LogP) is 2.86. The Balaban J connectivity index is 0.00000261. The van der Waals surface area contributed by atoms with Crippen molar-refractivity contribution in [2.75, 3.05) is 46.4 Å². The third-order valence-corrected chi connectivity index (χ3v) is 6.18. The number of nitrogens with one attached hydrogen (secondary N) is 2. The fraction of sp³-hybridized carbons (Fsp3) is 0.737. The fourth-order valence-corrected chi connectivity index (χ4v) is 4.54. The van der Waals surface area contributed by atoms with Crippen LogP contribution in [0.1, 0.15) is 37.6 Å². The summed E-state index contributed by atoms with van der Waals surface area (Å²) in [6.45, 7) is 9.51. The summed E-state index contributed by atoms with van der Waals surface area (Å²) in [5.41, 5.74) is -0.0790. The number of halogens is 1. The Morgan fingerprint density at radius 3 is 2.93 bits per heavy atom. The van der Waals surface area contributed by atoms with Crippen LogP contribution < -0.4 is 10.6 Å². The molecule has 2 aliphatic heterocycles. The van der Waals surface area contributed by atoms with E-state index in [1.807, 2.05) is 18.4 Å². The molecule has 2 N–H and O–H groups in total. The number of hydrogen-bond donors (Lipinski definition) is 2. The SMILES string of the molecule is CN=C(NCC(c1cccs1)N1CCOC(C)C1)NCC1(C)CCCO1.I. The summed E-state index contributed by atoms with van der Waals surface area (Å²) in [4.78, 5) is 8.29. The summed E-state index contributed by atoms with van der Waals surface area (Å²) in [6, 6.07) is 4.68. The largest absolute Gasteiger partial charge is 0.376 e. The fourth-order valence-electron chi connectivity index (χ4n) is 3.68. The topological polar surface area (TPSA) is 58.1 Å². The Kier molecular flexibility index (Phi) is 9.27. The van der Waals surface area contributed by atoms with Crippen LogP contribution >= 0.6 is 35.3 Å². The number of guanidine groups is 1. The van der Waals surface area contributed by atoms with E-state index in [1.165, 1.54) is 4.88 Å². The van der Waals surface area contributed by atoms with E-state index in [0.717, 1.165) is 58.2 Å². The number of aliphatic imine (C=N–C) groups is 1. The van der Waals surface area contributed by atoms with Crippen molar-refractivity contribution in [3.05, 3.63) is 22.4 Å². The van der Waals surface area contributed by atoms with Crippen molar-refractivity contribution in [1.29, 1.82) is 0 Å². The van der Waals surface area contributed by atoms with Gasteiger partial charge in [0.1, 0.15) is 0 Å². The average Bonchev–Trinajstić information content (AvgIpc) is 3.30. The zero-order valence-electron chi connectivity index (χ0n) is 16.6. The summed E-state index contributed by atoms with van der Waals surface area (Å²) in [5.74, 6) is 0.838. The molecule has 0 aliphatic carbocycles. The van der Waals surface area contributed by atoms with Crippen molar-refractivity contribution in [2.45, 2.75) is 44.4 Å². The highest BCUT2D eigenvalue weighted by atomic mass is 127. The van der Waals surface area contributed by atoms with Crippen LogP contribution in [0.25, 0.3) is 0 Å². The molecule has 0 amide bonds. The first-order chi connectivity index (χ1) is 12.6. The molecule has 2 fully saturated rings. The lowest BCUT2D eigenvalue weighted by Crippen LogP contribution is -2.49. The van der Waals surface area contributed by atoms with Crippen LogP contribution in [0, 0.1) is 0 Å². The standard InChI is InChI=1S/C19H32N4O2S.HI/c1-15-13-23(8-10-24-15)16(17-6-4-11-26-17)12-21-18(20-3)22-14-19(2)7-5-9-25-19;/h4,6,11,15-16H,5,7-10,12-14H2,1-3H3,(H2,20,21,22);1H. The molecular weight excluding hydrogens is 475 g/mol. The van der Waals surface area contributed by atoms with Crippen molar-refractivity contribution in [3.63, 3.8) is 0 Å². The van der Waals surface area contributed by atoms with Gasteiger partial charge in [0.2, 0.25) is 0 Å². The average molecular weight is 508 g/mol. The van der Waals surface area contributed by atoms with Crippen LogP contribution in [-0.4, -0.2) is 69.0 Å². The number of hydrogen-bond acceptors (Lipinski definition) is 5. The second-order valence-electron chi connectivity index (χ2n) is 7.42. The Morgan fingerprint density at radius 2 is 2.30 bits per heavy atom. The molecule has 0 aromatic carbocycles. The van der Waals surface area contributed by atoms with Crippen LogP contribution in [0.15, 0.2) is 22.5 Å². The van der Waals surface area contributed by atoms with Gasteiger partial charge < -0.3 is 20.1 Å². The van der Waals surface area contributed by atoms with Crippen LogP contribution in [0.2, 0.25) is 0 Å². The zero-order chi connectivity index (χ0) is 18.4. The molecule has 2 aliphatic rings. The summed E-state index contributed by atoms with van der Waals surface area (Å²) in [6.07, 6.45) is 2.52. The molecule has 0 radical (unpaired) electrons. The highest BCUT2D eigenvalue weighted by Crippen LogP contribution is 2.26. The number of morpholine rings is 1. The first kappa shape index (κ1) is 22.9. The maximum absolute atomic E-state index is 5.86. The van der Waals surface area contributed by atoms with Gasteiger partial charge in [-0.05, 0) is 38.1 Å². The molecule has 3 heterocycles. The molecule has 27 heavy (non-hydrogen) atoms. The van der Waals surface area contributed by atoms with Gasteiger partial charge in [-0.25, -0.2) is 0 Å². The van der Waals surface area contributed by atoms with Crippen molar-refractivity contribution in [2.24, 2.45) is 4.99 Å². The van der Waals surface area contributed by atoms with Crippen molar-refractivity contribution >= 4 is 41.3 Å². The molecule has 0 spiro atoms. The quantitative estimate of drug-likeness (QED) is 0.352. The lowest BCUT2D eigenvalue weighted by molar-refractivity contribution is -0.0334. The summed E-state index contributed by atoms with van der Waals surface area (Å²) >= 11 is 1.82. The first-order valence-electron chi connectivity index (χ1n) is 9.57. The van der Waals surface area contributed by atoms with Gasteiger partial charge in [0.05, 0.1) is 24.4 Å². The van der Waals surface area contributed by atoms with Gasteiger partial charge >= 0.3 is 0 Å². The highest BCUT2D eigenvalue weighted by molar-refractivity contribution is 14.0. The second kappa shape index (κ2) is 10.9. The van der Waals surface area contributed by atoms with E-state index in [4.69, 9.17) is 9.47 Å². The molecule has 0 saturated carbocycles. The van der Waals surface area contributed by atoms with E-state index in [1.54, 1.807) is 0 Å². The van der Waals surface area contributed by atoms with E-state index < -0.39 is 0 Å². The van der Waals surface area contributed by atoms with E-state index >= 15 is 0 Å². The monoisotopic (exact) mass is 508 g/mol. The van der Waals surface area contributed by atoms with Crippen molar-refractivity contribution in [3.8, 4) is 0 Å². The molecule has 3 rings (SSSR count). The highest BCUT2D eigenvalue weighted by Gasteiger charge is 2.30. The van der Waals surface area contributed by atoms with Gasteiger partial charge in [-0.2, -0.15) is 0 Å². The van der Waals surface area contributed by atoms with Gasteiger partial charge in [-0.15, -0.1) is 35.3 Å². The molecule has 1 aromatic heterocycles. The maximum atomic E-state index is 5.86. The number of rotatable bonds is 6. The Bertz CT molecular complexity index is 578. The van der Waals surface area contributed by atoms with Gasteiger partial charge in [0.15, 0.2) is 5.96 Å². The molecule has 3 atom stereocenters. The molecule has 6 nitrogen and oxygen atoms in total. The van der Waals surface area contributed by atoms with Gasteiger partial charge in [-0.3, -0.25) is 9.89 Å². The third kappa shape index (κ3) is 6.56. The normalized spacial score (nSPS) is 27.8. The molecule has 2 saturated heterocycles. The summed E-state index contributed by atoms with van der Waals surface area (Å²) in [5, 5.41) is 9.11. The third-order valence-electron chi connectivity index (χ3n) is 5.20. The van der Waals surface area contributed by atoms with E-state index in [0.29, 0.717) is 6.04 Å². The number of thiophene rings is 1. The minimum Gasteiger partial charge on any atom is -0.376 e. The van der Waals surface area contributed by atoms with E-state index in [-0.39, 0.29) is 35.7 Å². The van der Waals surface area contributed by atoms with Gasteiger partial charge in [0.25, 0.3) is 0 Å². The maximum Gasteiger partial charge on any atom is 0.191 e. The Morgan fingerprint density at radius 1 is 1.44 bits per heavy atom. The predicted molar refractivity (Wildman–Crippen MR) is 122 cm³/mol. The Hall–Kier alpha value is -0.420.